The zero-order valence-electron chi connectivity index (χ0n) is 9.15. The van der Waals surface area contributed by atoms with Gasteiger partial charge < -0.3 is 9.73 Å². The fourth-order valence-corrected chi connectivity index (χ4v) is 1.34. The van der Waals surface area contributed by atoms with Crippen molar-refractivity contribution in [1.29, 1.82) is 0 Å². The highest BCUT2D eigenvalue weighted by molar-refractivity contribution is 6.02. The summed E-state index contributed by atoms with van der Waals surface area (Å²) in [6.07, 6.45) is 2.62. The number of hydrogen-bond acceptors (Lipinski definition) is 3. The summed E-state index contributed by atoms with van der Waals surface area (Å²) in [6.45, 7) is 4.02. The van der Waals surface area contributed by atoms with Crippen LogP contribution in [0.1, 0.15) is 21.7 Å². The number of carbonyl (C=O) groups excluding carboxylic acids is 1. The molecular formula is C12H12N2O2. The first-order chi connectivity index (χ1) is 7.66. The molecule has 0 unspecified atom stereocenters. The van der Waals surface area contributed by atoms with Crippen molar-refractivity contribution < 1.29 is 9.21 Å². The van der Waals surface area contributed by atoms with Crippen molar-refractivity contribution in [1.82, 2.24) is 4.98 Å². The average molecular weight is 216 g/mol. The summed E-state index contributed by atoms with van der Waals surface area (Å²) in [5, 5.41) is 2.74. The highest BCUT2D eigenvalue weighted by atomic mass is 16.3. The SMILES string of the molecule is Cc1ccc(NC(=O)c2cnco2)cc1C. The molecule has 1 N–H and O–H groups in total. The highest BCUT2D eigenvalue weighted by Gasteiger charge is 2.09. The van der Waals surface area contributed by atoms with Crippen LogP contribution in [-0.2, 0) is 0 Å². The zero-order chi connectivity index (χ0) is 11.5. The largest absolute Gasteiger partial charge is 0.438 e. The highest BCUT2D eigenvalue weighted by Crippen LogP contribution is 2.15. The van der Waals surface area contributed by atoms with Crippen molar-refractivity contribution in [3.05, 3.63) is 47.7 Å². The molecule has 1 amide bonds. The van der Waals surface area contributed by atoms with E-state index in [1.54, 1.807) is 0 Å². The van der Waals surface area contributed by atoms with Crippen molar-refractivity contribution in [2.45, 2.75) is 13.8 Å². The van der Waals surface area contributed by atoms with Crippen LogP contribution in [0.15, 0.2) is 35.2 Å². The molecule has 4 heteroatoms. The van der Waals surface area contributed by atoms with Gasteiger partial charge in [-0.2, -0.15) is 0 Å². The lowest BCUT2D eigenvalue weighted by molar-refractivity contribution is 0.0996. The van der Waals surface area contributed by atoms with Crippen LogP contribution in [-0.4, -0.2) is 10.9 Å². The molecule has 0 spiro atoms. The number of benzene rings is 1. The molecule has 0 radical (unpaired) electrons. The molecule has 0 aliphatic rings. The van der Waals surface area contributed by atoms with Gasteiger partial charge in [0.15, 0.2) is 6.39 Å². The van der Waals surface area contributed by atoms with Crippen LogP contribution in [0.4, 0.5) is 5.69 Å². The Morgan fingerprint density at radius 3 is 2.75 bits per heavy atom. The Kier molecular flexibility index (Phi) is 2.72. The van der Waals surface area contributed by atoms with Gasteiger partial charge in [0.05, 0.1) is 6.20 Å². The third-order valence-electron chi connectivity index (χ3n) is 2.42. The molecule has 0 saturated carbocycles. The first-order valence-corrected chi connectivity index (χ1v) is 4.94. The Morgan fingerprint density at radius 2 is 2.12 bits per heavy atom. The van der Waals surface area contributed by atoms with Crippen LogP contribution in [0.5, 0.6) is 0 Å². The van der Waals surface area contributed by atoms with Crippen LogP contribution in [0.2, 0.25) is 0 Å². The van der Waals surface area contributed by atoms with E-state index in [-0.39, 0.29) is 11.7 Å². The second-order valence-electron chi connectivity index (χ2n) is 3.62. The minimum atomic E-state index is -0.291. The van der Waals surface area contributed by atoms with Crippen molar-refractivity contribution in [3.63, 3.8) is 0 Å². The van der Waals surface area contributed by atoms with E-state index in [0.717, 1.165) is 11.3 Å². The van der Waals surface area contributed by atoms with E-state index in [2.05, 4.69) is 10.3 Å². The first kappa shape index (κ1) is 10.4. The zero-order valence-corrected chi connectivity index (χ0v) is 9.15. The maximum Gasteiger partial charge on any atom is 0.293 e. The van der Waals surface area contributed by atoms with E-state index in [1.165, 1.54) is 18.2 Å². The van der Waals surface area contributed by atoms with Crippen molar-refractivity contribution in [2.24, 2.45) is 0 Å². The van der Waals surface area contributed by atoms with Gasteiger partial charge in [-0.25, -0.2) is 4.98 Å². The Bertz CT molecular complexity index is 504. The van der Waals surface area contributed by atoms with E-state index in [4.69, 9.17) is 4.42 Å². The van der Waals surface area contributed by atoms with Crippen LogP contribution >= 0.6 is 0 Å². The van der Waals surface area contributed by atoms with Gasteiger partial charge in [-0.15, -0.1) is 0 Å². The topological polar surface area (TPSA) is 55.1 Å². The molecule has 2 aromatic rings. The number of oxazole rings is 1. The number of nitrogens with one attached hydrogen (secondary N) is 1. The predicted octanol–water partition coefficient (Wildman–Crippen LogP) is 2.54. The van der Waals surface area contributed by atoms with Gasteiger partial charge in [0, 0.05) is 5.69 Å². The lowest BCUT2D eigenvalue weighted by Crippen LogP contribution is -2.10. The van der Waals surface area contributed by atoms with Gasteiger partial charge >= 0.3 is 0 Å². The lowest BCUT2D eigenvalue weighted by Gasteiger charge is -2.05. The third-order valence-corrected chi connectivity index (χ3v) is 2.42. The molecule has 1 heterocycles. The third kappa shape index (κ3) is 2.11. The van der Waals surface area contributed by atoms with Crippen LogP contribution in [0.25, 0.3) is 0 Å². The summed E-state index contributed by atoms with van der Waals surface area (Å²) in [5.41, 5.74) is 3.08. The molecule has 4 nitrogen and oxygen atoms in total. The molecule has 0 aliphatic carbocycles. The first-order valence-electron chi connectivity index (χ1n) is 4.94. The van der Waals surface area contributed by atoms with Gasteiger partial charge in [-0.05, 0) is 37.1 Å². The summed E-state index contributed by atoms with van der Waals surface area (Å²) in [7, 11) is 0. The van der Waals surface area contributed by atoms with E-state index >= 15 is 0 Å². The summed E-state index contributed by atoms with van der Waals surface area (Å²) in [4.78, 5) is 15.3. The van der Waals surface area contributed by atoms with E-state index in [0.29, 0.717) is 0 Å². The van der Waals surface area contributed by atoms with E-state index < -0.39 is 0 Å². The fraction of sp³-hybridized carbons (Fsp3) is 0.167. The fourth-order valence-electron chi connectivity index (χ4n) is 1.34. The normalized spacial score (nSPS) is 10.1. The molecule has 2 rings (SSSR count). The number of aromatic nitrogens is 1. The van der Waals surface area contributed by atoms with Crippen molar-refractivity contribution in [3.8, 4) is 0 Å². The molecule has 82 valence electrons. The minimum Gasteiger partial charge on any atom is -0.438 e. The number of hydrogen-bond donors (Lipinski definition) is 1. The lowest BCUT2D eigenvalue weighted by atomic mass is 10.1. The number of aryl methyl sites for hydroxylation is 2. The molecule has 0 atom stereocenters. The molecular weight excluding hydrogens is 204 g/mol. The van der Waals surface area contributed by atoms with Crippen LogP contribution in [0.3, 0.4) is 0 Å². The van der Waals surface area contributed by atoms with Gasteiger partial charge in [-0.3, -0.25) is 4.79 Å². The summed E-state index contributed by atoms with van der Waals surface area (Å²) >= 11 is 0. The average Bonchev–Trinajstić information content (AvgIpc) is 2.77. The van der Waals surface area contributed by atoms with Gasteiger partial charge in [0.2, 0.25) is 5.76 Å². The summed E-state index contributed by atoms with van der Waals surface area (Å²) in [5.74, 6) is -0.0843. The molecule has 16 heavy (non-hydrogen) atoms. The maximum atomic E-state index is 11.6. The van der Waals surface area contributed by atoms with Crippen molar-refractivity contribution in [2.75, 3.05) is 5.32 Å². The van der Waals surface area contributed by atoms with Crippen molar-refractivity contribution >= 4 is 11.6 Å². The van der Waals surface area contributed by atoms with Crippen LogP contribution < -0.4 is 5.32 Å². The molecule has 1 aromatic heterocycles. The predicted molar refractivity (Wildman–Crippen MR) is 60.4 cm³/mol. The quantitative estimate of drug-likeness (QED) is 0.839. The second-order valence-corrected chi connectivity index (χ2v) is 3.62. The Balaban J connectivity index is 2.15. The number of amides is 1. The second kappa shape index (κ2) is 4.18. The molecule has 0 aliphatic heterocycles. The number of nitrogens with zero attached hydrogens (tertiary/aromatic N) is 1. The maximum absolute atomic E-state index is 11.6. The minimum absolute atomic E-state index is 0.207. The standard InChI is InChI=1S/C12H12N2O2/c1-8-3-4-10(5-9(8)2)14-12(15)11-6-13-7-16-11/h3-7H,1-2H3,(H,14,15). The number of rotatable bonds is 2. The van der Waals surface area contributed by atoms with E-state index in [1.807, 2.05) is 32.0 Å². The monoisotopic (exact) mass is 216 g/mol. The molecule has 0 fully saturated rings. The Morgan fingerprint density at radius 1 is 1.31 bits per heavy atom. The Hall–Kier alpha value is -2.10. The molecule has 0 bridgehead atoms. The van der Waals surface area contributed by atoms with Gasteiger partial charge in [0.25, 0.3) is 5.91 Å². The van der Waals surface area contributed by atoms with Gasteiger partial charge in [-0.1, -0.05) is 6.07 Å². The smallest absolute Gasteiger partial charge is 0.293 e. The Labute approximate surface area is 93.3 Å². The van der Waals surface area contributed by atoms with E-state index in [9.17, 15) is 4.79 Å². The summed E-state index contributed by atoms with van der Waals surface area (Å²) in [6, 6.07) is 5.74. The number of carbonyl (C=O) groups is 1. The van der Waals surface area contributed by atoms with Crippen LogP contribution in [0, 0.1) is 13.8 Å². The van der Waals surface area contributed by atoms with Gasteiger partial charge in [0.1, 0.15) is 0 Å². The molecule has 0 saturated heterocycles. The summed E-state index contributed by atoms with van der Waals surface area (Å²) < 4.78 is 4.90. The number of anilines is 1. The molecule has 1 aromatic carbocycles.